The van der Waals surface area contributed by atoms with Gasteiger partial charge in [0, 0.05) is 18.2 Å². The first-order valence-electron chi connectivity index (χ1n) is 5.63. The van der Waals surface area contributed by atoms with Gasteiger partial charge in [-0.15, -0.1) is 0 Å². The minimum Gasteiger partial charge on any atom is -0.399 e. The Kier molecular flexibility index (Phi) is 3.81. The fourth-order valence-electron chi connectivity index (χ4n) is 1.38. The second-order valence-corrected chi connectivity index (χ2v) is 4.93. The molecule has 1 aliphatic rings. The molecule has 1 heterocycles. The van der Waals surface area contributed by atoms with Gasteiger partial charge in [0.05, 0.1) is 11.2 Å². The summed E-state index contributed by atoms with van der Waals surface area (Å²) >= 11 is 0. The van der Waals surface area contributed by atoms with Crippen molar-refractivity contribution in [2.75, 3.05) is 6.54 Å². The Morgan fingerprint density at radius 2 is 1.75 bits per heavy atom. The summed E-state index contributed by atoms with van der Waals surface area (Å²) in [6.07, 6.45) is 3.04. The van der Waals surface area contributed by atoms with Crippen molar-refractivity contribution < 1.29 is 9.31 Å². The molecule has 1 fully saturated rings. The maximum Gasteiger partial charge on any atom is 0.497 e. The van der Waals surface area contributed by atoms with Crippen molar-refractivity contribution in [3.63, 3.8) is 0 Å². The molecule has 0 spiro atoms. The zero-order valence-corrected chi connectivity index (χ0v) is 10.8. The van der Waals surface area contributed by atoms with Crippen molar-refractivity contribution in [3.05, 3.63) is 11.7 Å². The van der Waals surface area contributed by atoms with Crippen molar-refractivity contribution in [1.82, 2.24) is 5.32 Å². The van der Waals surface area contributed by atoms with Crippen LogP contribution >= 0.6 is 0 Å². The van der Waals surface area contributed by atoms with E-state index in [4.69, 9.17) is 14.7 Å². The van der Waals surface area contributed by atoms with E-state index in [1.54, 1.807) is 6.20 Å². The lowest BCUT2D eigenvalue weighted by Crippen LogP contribution is -2.41. The minimum atomic E-state index is -0.457. The van der Waals surface area contributed by atoms with Crippen LogP contribution in [0, 0.1) is 5.41 Å². The van der Waals surface area contributed by atoms with Crippen molar-refractivity contribution in [3.8, 4) is 0 Å². The lowest BCUT2D eigenvalue weighted by Gasteiger charge is -2.32. The summed E-state index contributed by atoms with van der Waals surface area (Å²) in [6.45, 7) is 10.8. The summed E-state index contributed by atoms with van der Waals surface area (Å²) in [6, 6.07) is 0. The molecule has 1 rings (SSSR count). The smallest absolute Gasteiger partial charge is 0.399 e. The zero-order chi connectivity index (χ0) is 12.4. The molecule has 1 aliphatic heterocycles. The molecule has 16 heavy (non-hydrogen) atoms. The molecule has 0 aromatic rings. The maximum atomic E-state index is 7.37. The van der Waals surface area contributed by atoms with Crippen LogP contribution in [0.4, 0.5) is 0 Å². The second-order valence-electron chi connectivity index (χ2n) is 4.93. The lowest BCUT2D eigenvalue weighted by atomic mass is 9.79. The predicted octanol–water partition coefficient (Wildman–Crippen LogP) is 1.76. The number of hydrogen-bond acceptors (Lipinski definition) is 4. The third-order valence-corrected chi connectivity index (χ3v) is 3.16. The Morgan fingerprint density at radius 3 is 2.12 bits per heavy atom. The van der Waals surface area contributed by atoms with Crippen LogP contribution in [0.25, 0.3) is 0 Å². The van der Waals surface area contributed by atoms with E-state index in [-0.39, 0.29) is 11.2 Å². The number of rotatable bonds is 4. The quantitative estimate of drug-likeness (QED) is 0.565. The largest absolute Gasteiger partial charge is 0.497 e. The van der Waals surface area contributed by atoms with E-state index in [9.17, 15) is 0 Å². The molecular formula is C11H21BN2O2. The highest BCUT2D eigenvalue weighted by Gasteiger charge is 2.52. The number of nitrogens with one attached hydrogen (secondary N) is 2. The molecule has 0 saturated carbocycles. The highest BCUT2D eigenvalue weighted by Crippen LogP contribution is 2.38. The summed E-state index contributed by atoms with van der Waals surface area (Å²) in [4.78, 5) is 0. The summed E-state index contributed by atoms with van der Waals surface area (Å²) < 4.78 is 11.7. The van der Waals surface area contributed by atoms with Crippen LogP contribution in [-0.4, -0.2) is 31.1 Å². The Balaban J connectivity index is 2.81. The molecule has 1 saturated heterocycles. The van der Waals surface area contributed by atoms with Crippen molar-refractivity contribution in [1.29, 1.82) is 5.41 Å². The zero-order valence-electron chi connectivity index (χ0n) is 10.8. The van der Waals surface area contributed by atoms with Crippen molar-refractivity contribution in [2.45, 2.75) is 45.8 Å². The van der Waals surface area contributed by atoms with E-state index in [0.717, 1.165) is 6.54 Å². The average molecular weight is 224 g/mol. The van der Waals surface area contributed by atoms with Crippen LogP contribution in [0.5, 0.6) is 0 Å². The fourth-order valence-corrected chi connectivity index (χ4v) is 1.38. The normalized spacial score (nSPS) is 23.3. The fraction of sp³-hybridized carbons (Fsp3) is 0.727. The van der Waals surface area contributed by atoms with Gasteiger partial charge < -0.3 is 20.0 Å². The standard InChI is InChI=1S/C11H21BN2O2/c1-6-14-8-9(7-13)12-15-10(2,3)11(4,5)16-12/h7-8,13-14H,6H2,1-5H3/b9-8+,13-7?. The molecule has 4 nitrogen and oxygen atoms in total. The minimum absolute atomic E-state index is 0.355. The average Bonchev–Trinajstić information content (AvgIpc) is 2.37. The van der Waals surface area contributed by atoms with Gasteiger partial charge in [-0.2, -0.15) is 0 Å². The molecular weight excluding hydrogens is 203 g/mol. The van der Waals surface area contributed by atoms with Gasteiger partial charge in [0.1, 0.15) is 0 Å². The first-order valence-corrected chi connectivity index (χ1v) is 5.63. The third kappa shape index (κ3) is 2.47. The molecule has 0 radical (unpaired) electrons. The Morgan fingerprint density at radius 1 is 1.25 bits per heavy atom. The number of hydrogen-bond donors (Lipinski definition) is 2. The molecule has 0 unspecified atom stereocenters. The van der Waals surface area contributed by atoms with Crippen LogP contribution in [0.3, 0.4) is 0 Å². The van der Waals surface area contributed by atoms with Gasteiger partial charge >= 0.3 is 7.12 Å². The van der Waals surface area contributed by atoms with E-state index < -0.39 is 7.12 Å². The van der Waals surface area contributed by atoms with Gasteiger partial charge in [0.2, 0.25) is 0 Å². The Labute approximate surface area is 98.0 Å². The van der Waals surface area contributed by atoms with Crippen LogP contribution in [0.2, 0.25) is 0 Å². The summed E-state index contributed by atoms with van der Waals surface area (Å²) in [5.41, 5.74) is -0.00156. The van der Waals surface area contributed by atoms with Gasteiger partial charge in [-0.05, 0) is 40.8 Å². The molecule has 0 bridgehead atoms. The SMILES string of the molecule is CCN/C=C(\C=N)B1OC(C)(C)C(C)(C)O1. The van der Waals surface area contributed by atoms with Crippen molar-refractivity contribution in [2.24, 2.45) is 0 Å². The van der Waals surface area contributed by atoms with E-state index in [1.807, 2.05) is 34.6 Å². The number of allylic oxidation sites excluding steroid dienone is 1. The predicted molar refractivity (Wildman–Crippen MR) is 66.6 cm³/mol. The van der Waals surface area contributed by atoms with Crippen LogP contribution in [-0.2, 0) is 9.31 Å². The highest BCUT2D eigenvalue weighted by molar-refractivity contribution is 6.60. The van der Waals surface area contributed by atoms with E-state index in [0.29, 0.717) is 5.47 Å². The van der Waals surface area contributed by atoms with E-state index >= 15 is 0 Å². The third-order valence-electron chi connectivity index (χ3n) is 3.16. The maximum absolute atomic E-state index is 7.37. The van der Waals surface area contributed by atoms with E-state index in [1.165, 1.54) is 6.21 Å². The summed E-state index contributed by atoms with van der Waals surface area (Å²) in [5, 5.41) is 10.4. The van der Waals surface area contributed by atoms with Gasteiger partial charge in [-0.3, -0.25) is 0 Å². The molecule has 5 heteroatoms. The monoisotopic (exact) mass is 224 g/mol. The Bertz CT molecular complexity index is 284. The van der Waals surface area contributed by atoms with Crippen LogP contribution < -0.4 is 5.32 Å². The lowest BCUT2D eigenvalue weighted by molar-refractivity contribution is 0.00578. The highest BCUT2D eigenvalue weighted by atomic mass is 16.7. The molecule has 90 valence electrons. The first-order chi connectivity index (χ1) is 7.34. The molecule has 0 aromatic carbocycles. The van der Waals surface area contributed by atoms with Gasteiger partial charge in [0.15, 0.2) is 0 Å². The van der Waals surface area contributed by atoms with Gasteiger partial charge in [-0.25, -0.2) is 0 Å². The van der Waals surface area contributed by atoms with Crippen molar-refractivity contribution >= 4 is 13.3 Å². The topological polar surface area (TPSA) is 54.3 Å². The molecule has 2 N–H and O–H groups in total. The summed E-state index contributed by atoms with van der Waals surface area (Å²) in [7, 11) is -0.457. The first kappa shape index (κ1) is 13.3. The molecule has 0 aromatic heterocycles. The van der Waals surface area contributed by atoms with E-state index in [2.05, 4.69) is 5.32 Å². The van der Waals surface area contributed by atoms with Gasteiger partial charge in [0.25, 0.3) is 0 Å². The van der Waals surface area contributed by atoms with Crippen LogP contribution in [0.1, 0.15) is 34.6 Å². The van der Waals surface area contributed by atoms with Gasteiger partial charge in [-0.1, -0.05) is 0 Å². The Hall–Kier alpha value is -0.805. The molecule has 0 aliphatic carbocycles. The molecule has 0 amide bonds. The second kappa shape index (κ2) is 4.59. The molecule has 0 atom stereocenters. The van der Waals surface area contributed by atoms with Crippen LogP contribution in [0.15, 0.2) is 11.7 Å². The summed E-state index contributed by atoms with van der Waals surface area (Å²) in [5.74, 6) is 0.